The number of nitrogens with zero attached hydrogens (tertiary/aromatic N) is 5. The third kappa shape index (κ3) is 4.11. The number of piperazine rings is 1. The van der Waals surface area contributed by atoms with E-state index >= 15 is 0 Å². The lowest BCUT2D eigenvalue weighted by atomic mass is 9.95. The van der Waals surface area contributed by atoms with Crippen molar-refractivity contribution >= 4 is 22.3 Å². The van der Waals surface area contributed by atoms with Crippen LogP contribution < -0.4 is 19.9 Å². The summed E-state index contributed by atoms with van der Waals surface area (Å²) in [5.74, 6) is 1.39. The molecule has 8 nitrogen and oxygen atoms in total. The molecule has 4 fully saturated rings. The van der Waals surface area contributed by atoms with Gasteiger partial charge in [0.1, 0.15) is 18.2 Å². The van der Waals surface area contributed by atoms with Crippen LogP contribution in [0.15, 0.2) is 36.4 Å². The van der Waals surface area contributed by atoms with Crippen molar-refractivity contribution in [3.8, 4) is 11.8 Å². The van der Waals surface area contributed by atoms with Crippen LogP contribution >= 0.6 is 0 Å². The maximum atomic E-state index is 10.5. The highest BCUT2D eigenvalue weighted by Crippen LogP contribution is 2.40. The summed E-state index contributed by atoms with van der Waals surface area (Å²) in [4.78, 5) is 17.7. The molecule has 1 aromatic heterocycles. The van der Waals surface area contributed by atoms with Crippen LogP contribution in [0.1, 0.15) is 49.8 Å². The SMILES string of the molecule is Oc1cc(N2CCc3c(nc(OCC45CCCN4CCC5)nc3N3C[C@H]4CC[C@@H](C3)N4)C2)c2ccccc2c1. The predicted molar refractivity (Wildman–Crippen MR) is 153 cm³/mol. The van der Waals surface area contributed by atoms with Crippen LogP contribution in [0.2, 0.25) is 0 Å². The Morgan fingerprint density at radius 1 is 0.974 bits per heavy atom. The zero-order valence-corrected chi connectivity index (χ0v) is 22.6. The Labute approximate surface area is 230 Å². The van der Waals surface area contributed by atoms with Gasteiger partial charge < -0.3 is 25.0 Å². The number of phenolic OH excluding ortho intramolecular Hbond substituents is 1. The molecule has 5 aliphatic rings. The summed E-state index contributed by atoms with van der Waals surface area (Å²) in [5, 5.41) is 16.5. The fraction of sp³-hybridized carbons (Fsp3) is 0.548. The van der Waals surface area contributed by atoms with E-state index < -0.39 is 0 Å². The van der Waals surface area contributed by atoms with Gasteiger partial charge in [0.2, 0.25) is 0 Å². The number of anilines is 2. The van der Waals surface area contributed by atoms with E-state index in [0.717, 1.165) is 54.0 Å². The molecule has 39 heavy (non-hydrogen) atoms. The first-order valence-electron chi connectivity index (χ1n) is 14.9. The molecule has 204 valence electrons. The Morgan fingerprint density at radius 2 is 1.77 bits per heavy atom. The van der Waals surface area contributed by atoms with E-state index in [4.69, 9.17) is 14.7 Å². The minimum Gasteiger partial charge on any atom is -0.508 e. The summed E-state index contributed by atoms with van der Waals surface area (Å²) < 4.78 is 6.53. The van der Waals surface area contributed by atoms with Gasteiger partial charge in [-0.15, -0.1) is 0 Å². The third-order valence-electron chi connectivity index (χ3n) is 9.99. The molecule has 4 saturated heterocycles. The number of phenols is 1. The second-order valence-electron chi connectivity index (χ2n) is 12.4. The third-order valence-corrected chi connectivity index (χ3v) is 9.99. The Balaban J connectivity index is 1.14. The van der Waals surface area contributed by atoms with Gasteiger partial charge in [-0.2, -0.15) is 9.97 Å². The maximum Gasteiger partial charge on any atom is 0.318 e. The largest absolute Gasteiger partial charge is 0.508 e. The predicted octanol–water partition coefficient (Wildman–Crippen LogP) is 3.85. The van der Waals surface area contributed by atoms with Gasteiger partial charge in [-0.25, -0.2) is 0 Å². The minimum absolute atomic E-state index is 0.167. The Bertz CT molecular complexity index is 1390. The second-order valence-corrected chi connectivity index (χ2v) is 12.4. The molecule has 8 heteroatoms. The standard InChI is InChI=1S/C31H38N6O2/c38-24-15-21-5-1-2-6-25(21)28(16-24)35-14-9-26-27(19-35)33-30(39-20-31-10-3-12-37(31)13-4-11-31)34-29(26)36-17-22-7-8-23(18-36)32-22/h1-2,5-6,15-16,22-23,32,38H,3-4,7-14,17-20H2/t22-,23+. The van der Waals surface area contributed by atoms with Gasteiger partial charge in [0.15, 0.2) is 0 Å². The van der Waals surface area contributed by atoms with Gasteiger partial charge in [0.05, 0.1) is 17.8 Å². The van der Waals surface area contributed by atoms with Crippen molar-refractivity contribution in [1.29, 1.82) is 0 Å². The molecule has 0 amide bonds. The quantitative estimate of drug-likeness (QED) is 0.519. The normalized spacial score (nSPS) is 25.7. The van der Waals surface area contributed by atoms with E-state index in [0.29, 0.717) is 37.0 Å². The number of ether oxygens (including phenoxy) is 1. The van der Waals surface area contributed by atoms with Crippen molar-refractivity contribution in [2.45, 2.75) is 69.1 Å². The summed E-state index contributed by atoms with van der Waals surface area (Å²) in [6.45, 7) is 6.61. The van der Waals surface area contributed by atoms with Crippen LogP contribution in [0.3, 0.4) is 0 Å². The van der Waals surface area contributed by atoms with Crippen LogP contribution in [0.5, 0.6) is 11.8 Å². The molecule has 5 aliphatic heterocycles. The Hall–Kier alpha value is -3.10. The molecule has 2 N–H and O–H groups in total. The average Bonchev–Trinajstić information content (AvgIpc) is 3.64. The number of aromatic nitrogens is 2. The molecular formula is C31H38N6O2. The van der Waals surface area contributed by atoms with E-state index in [-0.39, 0.29) is 5.54 Å². The molecule has 2 aromatic carbocycles. The number of fused-ring (bicyclic) bond motifs is 5. The lowest BCUT2D eigenvalue weighted by Gasteiger charge is -2.38. The molecule has 2 atom stereocenters. The van der Waals surface area contributed by atoms with Gasteiger partial charge >= 0.3 is 6.01 Å². The fourth-order valence-corrected chi connectivity index (χ4v) is 8.09. The monoisotopic (exact) mass is 526 g/mol. The van der Waals surface area contributed by atoms with Gasteiger partial charge in [0, 0.05) is 54.4 Å². The number of hydrogen-bond acceptors (Lipinski definition) is 8. The summed E-state index contributed by atoms with van der Waals surface area (Å²) >= 11 is 0. The molecule has 0 radical (unpaired) electrons. The molecule has 6 heterocycles. The molecule has 0 unspecified atom stereocenters. The first-order valence-corrected chi connectivity index (χ1v) is 14.9. The number of rotatable bonds is 5. The minimum atomic E-state index is 0.167. The van der Waals surface area contributed by atoms with Crippen molar-refractivity contribution in [1.82, 2.24) is 20.2 Å². The Morgan fingerprint density at radius 3 is 2.59 bits per heavy atom. The number of aromatic hydroxyl groups is 1. The molecule has 2 bridgehead atoms. The zero-order valence-electron chi connectivity index (χ0n) is 22.6. The van der Waals surface area contributed by atoms with Gasteiger partial charge in [-0.1, -0.05) is 24.3 Å². The topological polar surface area (TPSA) is 77.0 Å². The second kappa shape index (κ2) is 9.24. The van der Waals surface area contributed by atoms with E-state index in [9.17, 15) is 5.11 Å². The van der Waals surface area contributed by atoms with E-state index in [1.54, 1.807) is 0 Å². The van der Waals surface area contributed by atoms with Gasteiger partial charge in [-0.05, 0) is 69.5 Å². The zero-order chi connectivity index (χ0) is 26.0. The summed E-state index contributed by atoms with van der Waals surface area (Å²) in [6.07, 6.45) is 8.32. The average molecular weight is 527 g/mol. The van der Waals surface area contributed by atoms with Crippen molar-refractivity contribution in [2.24, 2.45) is 0 Å². The van der Waals surface area contributed by atoms with E-state index in [1.165, 1.54) is 57.2 Å². The summed E-state index contributed by atoms with van der Waals surface area (Å²) in [5.41, 5.74) is 3.56. The fourth-order valence-electron chi connectivity index (χ4n) is 8.09. The summed E-state index contributed by atoms with van der Waals surface area (Å²) in [7, 11) is 0. The van der Waals surface area contributed by atoms with Crippen LogP contribution in [-0.2, 0) is 13.0 Å². The summed E-state index contributed by atoms with van der Waals surface area (Å²) in [6, 6.07) is 13.7. The highest BCUT2D eigenvalue weighted by molar-refractivity contribution is 5.95. The van der Waals surface area contributed by atoms with Crippen LogP contribution in [0.4, 0.5) is 11.5 Å². The maximum absolute atomic E-state index is 10.5. The molecular weight excluding hydrogens is 488 g/mol. The number of benzene rings is 2. The van der Waals surface area contributed by atoms with Gasteiger partial charge in [-0.3, -0.25) is 4.90 Å². The van der Waals surface area contributed by atoms with Gasteiger partial charge in [0.25, 0.3) is 0 Å². The lowest BCUT2D eigenvalue weighted by molar-refractivity contribution is 0.107. The van der Waals surface area contributed by atoms with Crippen LogP contribution in [-0.4, -0.2) is 76.9 Å². The number of hydrogen-bond donors (Lipinski definition) is 2. The highest BCUT2D eigenvalue weighted by Gasteiger charge is 2.45. The smallest absolute Gasteiger partial charge is 0.318 e. The van der Waals surface area contributed by atoms with Crippen molar-refractivity contribution in [2.75, 3.05) is 49.1 Å². The van der Waals surface area contributed by atoms with Crippen molar-refractivity contribution < 1.29 is 9.84 Å². The van der Waals surface area contributed by atoms with Crippen molar-refractivity contribution in [3.05, 3.63) is 47.7 Å². The van der Waals surface area contributed by atoms with Crippen LogP contribution in [0.25, 0.3) is 10.8 Å². The molecule has 8 rings (SSSR count). The molecule has 3 aromatic rings. The molecule has 0 aliphatic carbocycles. The highest BCUT2D eigenvalue weighted by atomic mass is 16.5. The lowest BCUT2D eigenvalue weighted by Crippen LogP contribution is -2.52. The van der Waals surface area contributed by atoms with Crippen LogP contribution in [0, 0.1) is 0 Å². The number of nitrogens with one attached hydrogen (secondary N) is 1. The first-order chi connectivity index (χ1) is 19.1. The van der Waals surface area contributed by atoms with E-state index in [2.05, 4.69) is 38.2 Å². The first kappa shape index (κ1) is 23.8. The molecule has 0 saturated carbocycles. The van der Waals surface area contributed by atoms with E-state index in [1.807, 2.05) is 18.2 Å². The Kier molecular flexibility index (Phi) is 5.63. The van der Waals surface area contributed by atoms with Crippen molar-refractivity contribution in [3.63, 3.8) is 0 Å². The molecule has 0 spiro atoms.